The van der Waals surface area contributed by atoms with Crippen molar-refractivity contribution in [3.8, 4) is 0 Å². The molecule has 0 heterocycles. The van der Waals surface area contributed by atoms with Crippen molar-refractivity contribution in [2.75, 3.05) is 18.9 Å². The standard InChI is InChI=1S/C25H27N3O4S/c1-18-12-14-22(15-13-18)26-24(29)17-28(3)25(30)21-10-7-11-23(16-21)33(31,32)27-19(2)20-8-5-4-6-9-20/h4-16,19,27H,17H2,1-3H3,(H,26,29)/t19-/m1/s1. The molecule has 2 N–H and O–H groups in total. The number of carbonyl (C=O) groups excluding carboxylic acids is 2. The molecule has 3 aromatic rings. The van der Waals surface area contributed by atoms with Crippen LogP contribution >= 0.6 is 0 Å². The number of aryl methyl sites for hydroxylation is 1. The van der Waals surface area contributed by atoms with E-state index in [1.807, 2.05) is 49.4 Å². The molecule has 0 radical (unpaired) electrons. The summed E-state index contributed by atoms with van der Waals surface area (Å²) in [6.07, 6.45) is 0. The molecule has 1 atom stereocenters. The number of nitrogens with one attached hydrogen (secondary N) is 2. The fourth-order valence-electron chi connectivity index (χ4n) is 3.25. The van der Waals surface area contributed by atoms with Crippen LogP contribution in [0.5, 0.6) is 0 Å². The summed E-state index contributed by atoms with van der Waals surface area (Å²) >= 11 is 0. The third kappa shape index (κ3) is 6.50. The SMILES string of the molecule is Cc1ccc(NC(=O)CN(C)C(=O)c2cccc(S(=O)(=O)N[C@H](C)c3ccccc3)c2)cc1. The molecule has 0 unspecified atom stereocenters. The van der Waals surface area contributed by atoms with Crippen LogP contribution in [0, 0.1) is 6.92 Å². The van der Waals surface area contributed by atoms with Gasteiger partial charge in [0.05, 0.1) is 11.4 Å². The molecular formula is C25H27N3O4S. The molecule has 0 fully saturated rings. The van der Waals surface area contributed by atoms with Crippen LogP contribution in [0.4, 0.5) is 5.69 Å². The molecule has 0 spiro atoms. The molecule has 0 saturated heterocycles. The molecule has 0 saturated carbocycles. The highest BCUT2D eigenvalue weighted by Gasteiger charge is 2.21. The largest absolute Gasteiger partial charge is 0.332 e. The Kier molecular flexibility index (Phi) is 7.63. The molecule has 172 valence electrons. The molecule has 0 aliphatic heterocycles. The summed E-state index contributed by atoms with van der Waals surface area (Å²) in [6.45, 7) is 3.53. The van der Waals surface area contributed by atoms with E-state index in [4.69, 9.17) is 0 Å². The maximum atomic E-state index is 12.9. The Morgan fingerprint density at radius 3 is 2.27 bits per heavy atom. The van der Waals surface area contributed by atoms with Crippen molar-refractivity contribution in [2.24, 2.45) is 0 Å². The number of benzene rings is 3. The van der Waals surface area contributed by atoms with E-state index in [1.165, 1.54) is 36.2 Å². The van der Waals surface area contributed by atoms with Gasteiger partial charge in [-0.1, -0.05) is 54.1 Å². The van der Waals surface area contributed by atoms with Crippen LogP contribution in [0.1, 0.15) is 34.5 Å². The highest BCUT2D eigenvalue weighted by molar-refractivity contribution is 7.89. The van der Waals surface area contributed by atoms with E-state index in [-0.39, 0.29) is 22.9 Å². The Balaban J connectivity index is 1.67. The van der Waals surface area contributed by atoms with Gasteiger partial charge in [0.25, 0.3) is 5.91 Å². The predicted octanol–water partition coefficient (Wildman–Crippen LogP) is 3.75. The van der Waals surface area contributed by atoms with Crippen LogP contribution in [-0.4, -0.2) is 38.7 Å². The minimum absolute atomic E-state index is 0.0198. The average Bonchev–Trinajstić information content (AvgIpc) is 2.80. The second-order valence-corrected chi connectivity index (χ2v) is 9.57. The first kappa shape index (κ1) is 24.2. The zero-order chi connectivity index (χ0) is 24.0. The lowest BCUT2D eigenvalue weighted by molar-refractivity contribution is -0.116. The van der Waals surface area contributed by atoms with Gasteiger partial charge in [0.1, 0.15) is 0 Å². The maximum Gasteiger partial charge on any atom is 0.254 e. The molecule has 0 aliphatic rings. The molecular weight excluding hydrogens is 438 g/mol. The number of nitrogens with zero attached hydrogens (tertiary/aromatic N) is 1. The zero-order valence-electron chi connectivity index (χ0n) is 18.8. The van der Waals surface area contributed by atoms with Crippen LogP contribution in [-0.2, 0) is 14.8 Å². The van der Waals surface area contributed by atoms with Crippen LogP contribution in [0.2, 0.25) is 0 Å². The van der Waals surface area contributed by atoms with Gasteiger partial charge < -0.3 is 10.2 Å². The van der Waals surface area contributed by atoms with Crippen molar-refractivity contribution < 1.29 is 18.0 Å². The fraction of sp³-hybridized carbons (Fsp3) is 0.200. The Bertz CT molecular complexity index is 1230. The number of rotatable bonds is 8. The number of sulfonamides is 1. The van der Waals surface area contributed by atoms with Crippen LogP contribution < -0.4 is 10.0 Å². The number of hydrogen-bond donors (Lipinski definition) is 2. The summed E-state index contributed by atoms with van der Waals surface area (Å²) in [7, 11) is -2.36. The van der Waals surface area contributed by atoms with E-state index in [0.29, 0.717) is 5.69 Å². The van der Waals surface area contributed by atoms with Crippen LogP contribution in [0.3, 0.4) is 0 Å². The Morgan fingerprint density at radius 1 is 0.939 bits per heavy atom. The summed E-state index contributed by atoms with van der Waals surface area (Å²) in [5.41, 5.74) is 2.71. The van der Waals surface area contributed by atoms with Gasteiger partial charge in [-0.3, -0.25) is 9.59 Å². The lowest BCUT2D eigenvalue weighted by Gasteiger charge is -2.18. The van der Waals surface area contributed by atoms with E-state index in [2.05, 4.69) is 10.0 Å². The summed E-state index contributed by atoms with van der Waals surface area (Å²) in [4.78, 5) is 26.4. The quantitative estimate of drug-likeness (QED) is 0.530. The van der Waals surface area contributed by atoms with Crippen molar-refractivity contribution in [1.29, 1.82) is 0 Å². The zero-order valence-corrected chi connectivity index (χ0v) is 19.6. The van der Waals surface area contributed by atoms with E-state index in [1.54, 1.807) is 19.1 Å². The van der Waals surface area contributed by atoms with Crippen LogP contribution in [0.25, 0.3) is 0 Å². The van der Waals surface area contributed by atoms with E-state index in [9.17, 15) is 18.0 Å². The van der Waals surface area contributed by atoms with Gasteiger partial charge in [0.2, 0.25) is 15.9 Å². The monoisotopic (exact) mass is 465 g/mol. The molecule has 7 nitrogen and oxygen atoms in total. The molecule has 0 bridgehead atoms. The van der Waals surface area contributed by atoms with Crippen molar-refractivity contribution in [2.45, 2.75) is 24.8 Å². The first-order valence-corrected chi connectivity index (χ1v) is 11.9. The van der Waals surface area contributed by atoms with Gasteiger partial charge in [-0.05, 0) is 49.7 Å². The summed E-state index contributed by atoms with van der Waals surface area (Å²) in [5.74, 6) is -0.806. The van der Waals surface area contributed by atoms with Crippen LogP contribution in [0.15, 0.2) is 83.8 Å². The normalized spacial score (nSPS) is 12.1. The molecule has 2 amide bonds. The minimum atomic E-state index is -3.86. The molecule has 0 aromatic heterocycles. The van der Waals surface area contributed by atoms with Crippen molar-refractivity contribution in [1.82, 2.24) is 9.62 Å². The number of amides is 2. The highest BCUT2D eigenvalue weighted by atomic mass is 32.2. The Morgan fingerprint density at radius 2 is 1.61 bits per heavy atom. The predicted molar refractivity (Wildman–Crippen MR) is 128 cm³/mol. The van der Waals surface area contributed by atoms with Gasteiger partial charge in [0, 0.05) is 24.3 Å². The molecule has 8 heteroatoms. The van der Waals surface area contributed by atoms with E-state index >= 15 is 0 Å². The lowest BCUT2D eigenvalue weighted by atomic mass is 10.1. The maximum absolute atomic E-state index is 12.9. The first-order chi connectivity index (χ1) is 15.7. The average molecular weight is 466 g/mol. The van der Waals surface area contributed by atoms with Crippen molar-refractivity contribution in [3.05, 3.63) is 95.6 Å². The first-order valence-electron chi connectivity index (χ1n) is 10.4. The summed E-state index contributed by atoms with van der Waals surface area (Å²) in [5, 5.41) is 2.74. The summed E-state index contributed by atoms with van der Waals surface area (Å²) in [6, 6.07) is 21.9. The summed E-state index contributed by atoms with van der Waals surface area (Å²) < 4.78 is 28.4. The molecule has 0 aliphatic carbocycles. The number of likely N-dealkylation sites (N-methyl/N-ethyl adjacent to an activating group) is 1. The van der Waals surface area contributed by atoms with Crippen molar-refractivity contribution in [3.63, 3.8) is 0 Å². The van der Waals surface area contributed by atoms with E-state index in [0.717, 1.165) is 11.1 Å². The Labute approximate surface area is 194 Å². The van der Waals surface area contributed by atoms with E-state index < -0.39 is 22.0 Å². The minimum Gasteiger partial charge on any atom is -0.332 e. The molecule has 3 aromatic carbocycles. The number of hydrogen-bond acceptors (Lipinski definition) is 4. The van der Waals surface area contributed by atoms with Crippen molar-refractivity contribution >= 4 is 27.5 Å². The lowest BCUT2D eigenvalue weighted by Crippen LogP contribution is -2.35. The number of carbonyl (C=O) groups is 2. The second-order valence-electron chi connectivity index (χ2n) is 7.86. The third-order valence-corrected chi connectivity index (χ3v) is 6.62. The second kappa shape index (κ2) is 10.4. The van der Waals surface area contributed by atoms with Gasteiger partial charge in [-0.25, -0.2) is 13.1 Å². The Hall–Kier alpha value is -3.49. The van der Waals surface area contributed by atoms with Gasteiger partial charge in [-0.2, -0.15) is 0 Å². The smallest absolute Gasteiger partial charge is 0.254 e. The van der Waals surface area contributed by atoms with Gasteiger partial charge in [0.15, 0.2) is 0 Å². The van der Waals surface area contributed by atoms with Gasteiger partial charge in [-0.15, -0.1) is 0 Å². The highest BCUT2D eigenvalue weighted by Crippen LogP contribution is 2.18. The van der Waals surface area contributed by atoms with Gasteiger partial charge >= 0.3 is 0 Å². The topological polar surface area (TPSA) is 95.6 Å². The fourth-order valence-corrected chi connectivity index (χ4v) is 4.53. The molecule has 33 heavy (non-hydrogen) atoms. The third-order valence-electron chi connectivity index (χ3n) is 5.09. The number of anilines is 1. The molecule has 3 rings (SSSR count).